The lowest BCUT2D eigenvalue weighted by Crippen LogP contribution is -2.30. The standard InChI is InChI=1S/C10H13NO3/c1-4-6-7-8(5-2)11-9(12)10(13)14-3/h4-7H,1H2,2-3H3,(H,11,12)/b7-6-,8-5+. The Morgan fingerprint density at radius 1 is 1.43 bits per heavy atom. The van der Waals surface area contributed by atoms with Crippen LogP contribution in [0, 0.1) is 0 Å². The maximum atomic E-state index is 11.0. The summed E-state index contributed by atoms with van der Waals surface area (Å²) in [7, 11) is 1.15. The van der Waals surface area contributed by atoms with Crippen LogP contribution in [0.4, 0.5) is 0 Å². The van der Waals surface area contributed by atoms with Crippen LogP contribution in [0.1, 0.15) is 6.92 Å². The van der Waals surface area contributed by atoms with Crippen LogP contribution in [0.3, 0.4) is 0 Å². The molecule has 0 aliphatic heterocycles. The lowest BCUT2D eigenvalue weighted by atomic mass is 10.3. The van der Waals surface area contributed by atoms with Crippen molar-refractivity contribution in [1.82, 2.24) is 5.32 Å². The number of nitrogens with one attached hydrogen (secondary N) is 1. The van der Waals surface area contributed by atoms with Crippen molar-refractivity contribution in [2.24, 2.45) is 0 Å². The molecule has 14 heavy (non-hydrogen) atoms. The zero-order chi connectivity index (χ0) is 11.0. The average Bonchev–Trinajstić information content (AvgIpc) is 2.22. The fraction of sp³-hybridized carbons (Fsp3) is 0.200. The Balaban J connectivity index is 4.34. The molecule has 0 aliphatic rings. The number of hydrogen-bond donors (Lipinski definition) is 1. The lowest BCUT2D eigenvalue weighted by Gasteiger charge is -2.02. The van der Waals surface area contributed by atoms with Crippen LogP contribution in [-0.4, -0.2) is 19.0 Å². The third-order valence-electron chi connectivity index (χ3n) is 1.35. The van der Waals surface area contributed by atoms with E-state index in [9.17, 15) is 9.59 Å². The predicted octanol–water partition coefficient (Wildman–Crippen LogP) is 0.922. The fourth-order valence-electron chi connectivity index (χ4n) is 0.657. The van der Waals surface area contributed by atoms with Gasteiger partial charge in [-0.1, -0.05) is 24.8 Å². The first-order valence-electron chi connectivity index (χ1n) is 4.00. The molecule has 0 rings (SSSR count). The number of esters is 1. The number of ether oxygens (including phenoxy) is 1. The summed E-state index contributed by atoms with van der Waals surface area (Å²) >= 11 is 0. The normalized spacial score (nSPS) is 11.1. The molecular weight excluding hydrogens is 182 g/mol. The summed E-state index contributed by atoms with van der Waals surface area (Å²) in [5.74, 6) is -1.72. The summed E-state index contributed by atoms with van der Waals surface area (Å²) < 4.78 is 4.24. The molecule has 0 aromatic heterocycles. The average molecular weight is 195 g/mol. The van der Waals surface area contributed by atoms with Gasteiger partial charge in [0.15, 0.2) is 0 Å². The lowest BCUT2D eigenvalue weighted by molar-refractivity contribution is -0.152. The Morgan fingerprint density at radius 2 is 2.07 bits per heavy atom. The van der Waals surface area contributed by atoms with E-state index in [1.165, 1.54) is 0 Å². The van der Waals surface area contributed by atoms with Gasteiger partial charge in [0.05, 0.1) is 7.11 Å². The van der Waals surface area contributed by atoms with Gasteiger partial charge in [0.1, 0.15) is 0 Å². The van der Waals surface area contributed by atoms with Gasteiger partial charge in [0.25, 0.3) is 0 Å². The molecule has 1 amide bonds. The van der Waals surface area contributed by atoms with Gasteiger partial charge in [-0.15, -0.1) is 0 Å². The Morgan fingerprint density at radius 3 is 2.50 bits per heavy atom. The van der Waals surface area contributed by atoms with Crippen molar-refractivity contribution in [1.29, 1.82) is 0 Å². The van der Waals surface area contributed by atoms with E-state index in [4.69, 9.17) is 0 Å². The van der Waals surface area contributed by atoms with Crippen molar-refractivity contribution >= 4 is 11.9 Å². The Labute approximate surface area is 82.9 Å². The number of hydrogen-bond acceptors (Lipinski definition) is 3. The molecule has 0 atom stereocenters. The number of methoxy groups -OCH3 is 1. The van der Waals surface area contributed by atoms with E-state index < -0.39 is 11.9 Å². The quantitative estimate of drug-likeness (QED) is 0.414. The zero-order valence-electron chi connectivity index (χ0n) is 8.24. The van der Waals surface area contributed by atoms with Crippen LogP contribution in [-0.2, 0) is 14.3 Å². The van der Waals surface area contributed by atoms with Crippen LogP contribution in [0.15, 0.2) is 36.6 Å². The van der Waals surface area contributed by atoms with Crippen LogP contribution < -0.4 is 5.32 Å². The molecule has 0 aliphatic carbocycles. The van der Waals surface area contributed by atoms with E-state index in [0.29, 0.717) is 5.70 Å². The largest absolute Gasteiger partial charge is 0.462 e. The molecule has 4 nitrogen and oxygen atoms in total. The molecule has 0 unspecified atom stereocenters. The summed E-state index contributed by atoms with van der Waals surface area (Å²) in [6.45, 7) is 5.22. The van der Waals surface area contributed by atoms with Gasteiger partial charge in [0, 0.05) is 5.70 Å². The highest BCUT2D eigenvalue weighted by atomic mass is 16.5. The summed E-state index contributed by atoms with van der Waals surface area (Å²) in [5.41, 5.74) is 0.514. The van der Waals surface area contributed by atoms with Crippen LogP contribution in [0.25, 0.3) is 0 Å². The molecule has 0 aromatic rings. The predicted molar refractivity (Wildman–Crippen MR) is 53.3 cm³/mol. The number of allylic oxidation sites excluding steroid dienone is 4. The highest BCUT2D eigenvalue weighted by Gasteiger charge is 2.13. The van der Waals surface area contributed by atoms with Crippen LogP contribution >= 0.6 is 0 Å². The first-order chi connectivity index (χ1) is 6.65. The summed E-state index contributed by atoms with van der Waals surface area (Å²) in [5, 5.41) is 2.37. The van der Waals surface area contributed by atoms with Crippen molar-refractivity contribution in [3.8, 4) is 0 Å². The minimum atomic E-state index is -0.920. The van der Waals surface area contributed by atoms with Gasteiger partial charge in [-0.3, -0.25) is 4.79 Å². The van der Waals surface area contributed by atoms with Gasteiger partial charge in [-0.25, -0.2) is 4.79 Å². The molecule has 0 bridgehead atoms. The minimum Gasteiger partial charge on any atom is -0.462 e. The molecule has 0 spiro atoms. The zero-order valence-corrected chi connectivity index (χ0v) is 8.24. The molecule has 0 heterocycles. The van der Waals surface area contributed by atoms with Crippen molar-refractivity contribution in [3.63, 3.8) is 0 Å². The highest BCUT2D eigenvalue weighted by Crippen LogP contribution is 1.92. The summed E-state index contributed by atoms with van der Waals surface area (Å²) in [6, 6.07) is 0. The van der Waals surface area contributed by atoms with Gasteiger partial charge in [0.2, 0.25) is 0 Å². The smallest absolute Gasteiger partial charge is 0.396 e. The molecular formula is C10H13NO3. The van der Waals surface area contributed by atoms with Gasteiger partial charge >= 0.3 is 11.9 Å². The van der Waals surface area contributed by atoms with Gasteiger partial charge in [-0.2, -0.15) is 0 Å². The van der Waals surface area contributed by atoms with Crippen molar-refractivity contribution < 1.29 is 14.3 Å². The number of amides is 1. The molecule has 0 radical (unpaired) electrons. The first-order valence-corrected chi connectivity index (χ1v) is 4.00. The molecule has 0 fully saturated rings. The van der Waals surface area contributed by atoms with Gasteiger partial charge < -0.3 is 10.1 Å². The third-order valence-corrected chi connectivity index (χ3v) is 1.35. The number of carbonyl (C=O) groups excluding carboxylic acids is 2. The van der Waals surface area contributed by atoms with Crippen LogP contribution in [0.2, 0.25) is 0 Å². The topological polar surface area (TPSA) is 55.4 Å². The Kier molecular flexibility index (Phi) is 5.78. The third kappa shape index (κ3) is 4.25. The van der Waals surface area contributed by atoms with E-state index in [1.807, 2.05) is 0 Å². The molecule has 0 saturated heterocycles. The SMILES string of the molecule is C=C/C=C\C(=C/C)NC(=O)C(=O)OC. The minimum absolute atomic E-state index is 0.514. The summed E-state index contributed by atoms with van der Waals surface area (Å²) in [6.07, 6.45) is 6.48. The van der Waals surface area contributed by atoms with Crippen LogP contribution in [0.5, 0.6) is 0 Å². The van der Waals surface area contributed by atoms with E-state index in [2.05, 4.69) is 16.6 Å². The fourth-order valence-corrected chi connectivity index (χ4v) is 0.657. The Hall–Kier alpha value is -1.84. The summed E-state index contributed by atoms with van der Waals surface area (Å²) in [4.78, 5) is 21.8. The monoisotopic (exact) mass is 195 g/mol. The highest BCUT2D eigenvalue weighted by molar-refractivity contribution is 6.32. The Bertz CT molecular complexity index is 290. The molecule has 0 aromatic carbocycles. The van der Waals surface area contributed by atoms with E-state index in [-0.39, 0.29) is 0 Å². The molecule has 4 heteroatoms. The molecule has 1 N–H and O–H groups in total. The number of rotatable bonds is 3. The second kappa shape index (κ2) is 6.65. The second-order valence-corrected chi connectivity index (χ2v) is 2.28. The van der Waals surface area contributed by atoms with E-state index >= 15 is 0 Å². The van der Waals surface area contributed by atoms with Crippen molar-refractivity contribution in [2.45, 2.75) is 6.92 Å². The number of carbonyl (C=O) groups is 2. The van der Waals surface area contributed by atoms with Crippen molar-refractivity contribution in [3.05, 3.63) is 36.6 Å². The van der Waals surface area contributed by atoms with E-state index in [1.54, 1.807) is 31.2 Å². The molecule has 76 valence electrons. The van der Waals surface area contributed by atoms with Gasteiger partial charge in [-0.05, 0) is 13.0 Å². The van der Waals surface area contributed by atoms with E-state index in [0.717, 1.165) is 7.11 Å². The molecule has 0 saturated carbocycles. The maximum Gasteiger partial charge on any atom is 0.396 e. The maximum absolute atomic E-state index is 11.0. The van der Waals surface area contributed by atoms with Crippen molar-refractivity contribution in [2.75, 3.05) is 7.11 Å². The second-order valence-electron chi connectivity index (χ2n) is 2.28. The first kappa shape index (κ1) is 12.2.